The van der Waals surface area contributed by atoms with Gasteiger partial charge in [-0.15, -0.1) is 0 Å². The molecule has 0 fully saturated rings. The minimum Gasteiger partial charge on any atom is -0.493 e. The molecule has 0 spiro atoms. The number of aromatic nitrogens is 1. The van der Waals surface area contributed by atoms with Crippen molar-refractivity contribution in [3.05, 3.63) is 58.4 Å². The second kappa shape index (κ2) is 5.81. The molecule has 19 heavy (non-hydrogen) atoms. The van der Waals surface area contributed by atoms with Gasteiger partial charge in [-0.1, -0.05) is 6.07 Å². The Morgan fingerprint density at radius 2 is 2.16 bits per heavy atom. The molecule has 0 amide bonds. The van der Waals surface area contributed by atoms with Gasteiger partial charge in [-0.25, -0.2) is 0 Å². The number of nitrogens with zero attached hydrogens (tertiary/aromatic N) is 2. The predicted octanol–water partition coefficient (Wildman–Crippen LogP) is 2.19. The average Bonchev–Trinajstić information content (AvgIpc) is 2.39. The lowest BCUT2D eigenvalue weighted by Crippen LogP contribution is -2.03. The third-order valence-corrected chi connectivity index (χ3v) is 2.55. The Morgan fingerprint density at radius 3 is 2.79 bits per heavy atom. The number of nitrogens with two attached hydrogens (primary N) is 1. The van der Waals surface area contributed by atoms with E-state index in [1.54, 1.807) is 6.20 Å². The lowest BCUT2D eigenvalue weighted by Gasteiger charge is -2.06. The summed E-state index contributed by atoms with van der Waals surface area (Å²) in [7, 11) is 0. The Morgan fingerprint density at radius 1 is 1.32 bits per heavy atom. The van der Waals surface area contributed by atoms with Crippen molar-refractivity contribution < 1.29 is 9.66 Å². The molecule has 0 saturated carbocycles. The number of hydrogen-bond donors (Lipinski definition) is 1. The molecule has 0 unspecified atom stereocenters. The molecule has 6 heteroatoms. The van der Waals surface area contributed by atoms with Crippen molar-refractivity contribution in [2.45, 2.75) is 6.42 Å². The lowest BCUT2D eigenvalue weighted by molar-refractivity contribution is -0.383. The number of hydrogen-bond acceptors (Lipinski definition) is 5. The first-order chi connectivity index (χ1) is 9.16. The van der Waals surface area contributed by atoms with Crippen LogP contribution in [-0.2, 0) is 6.42 Å². The van der Waals surface area contributed by atoms with Gasteiger partial charge in [0.05, 0.1) is 11.5 Å². The summed E-state index contributed by atoms with van der Waals surface area (Å²) >= 11 is 0. The van der Waals surface area contributed by atoms with Crippen LogP contribution < -0.4 is 10.5 Å². The second-order valence-corrected chi connectivity index (χ2v) is 3.90. The highest BCUT2D eigenvalue weighted by Crippen LogP contribution is 2.25. The van der Waals surface area contributed by atoms with E-state index in [-0.39, 0.29) is 11.4 Å². The van der Waals surface area contributed by atoms with Crippen molar-refractivity contribution in [3.8, 4) is 5.75 Å². The fourth-order valence-corrected chi connectivity index (χ4v) is 1.61. The van der Waals surface area contributed by atoms with Crippen molar-refractivity contribution in [2.75, 3.05) is 12.3 Å². The summed E-state index contributed by atoms with van der Waals surface area (Å²) in [6.45, 7) is 0.439. The summed E-state index contributed by atoms with van der Waals surface area (Å²) in [6.07, 6.45) is 2.39. The van der Waals surface area contributed by atoms with Crippen LogP contribution in [0.3, 0.4) is 0 Å². The Hall–Kier alpha value is -2.63. The van der Waals surface area contributed by atoms with Gasteiger partial charge in [0.25, 0.3) is 5.69 Å². The summed E-state index contributed by atoms with van der Waals surface area (Å²) in [5.74, 6) is 0.513. The highest BCUT2D eigenvalue weighted by atomic mass is 16.6. The van der Waals surface area contributed by atoms with Gasteiger partial charge in [-0.3, -0.25) is 15.1 Å². The van der Waals surface area contributed by atoms with E-state index >= 15 is 0 Å². The average molecular weight is 259 g/mol. The number of nitrogen functional groups attached to an aromatic ring is 1. The SMILES string of the molecule is Nc1cc(OCCc2ccccn2)ccc1[N+](=O)[O-]. The fraction of sp³-hybridized carbons (Fsp3) is 0.154. The summed E-state index contributed by atoms with van der Waals surface area (Å²) in [6, 6.07) is 10.00. The largest absolute Gasteiger partial charge is 0.493 e. The van der Waals surface area contributed by atoms with Gasteiger partial charge >= 0.3 is 0 Å². The van der Waals surface area contributed by atoms with E-state index in [2.05, 4.69) is 4.98 Å². The van der Waals surface area contributed by atoms with Crippen LogP contribution in [0.4, 0.5) is 11.4 Å². The predicted molar refractivity (Wildman–Crippen MR) is 70.9 cm³/mol. The van der Waals surface area contributed by atoms with E-state index in [1.165, 1.54) is 18.2 Å². The van der Waals surface area contributed by atoms with E-state index in [0.717, 1.165) is 5.69 Å². The molecule has 0 atom stereocenters. The third kappa shape index (κ3) is 3.41. The van der Waals surface area contributed by atoms with Crippen molar-refractivity contribution >= 4 is 11.4 Å². The molecule has 98 valence electrons. The monoisotopic (exact) mass is 259 g/mol. The van der Waals surface area contributed by atoms with Gasteiger partial charge in [0.2, 0.25) is 0 Å². The topological polar surface area (TPSA) is 91.3 Å². The molecule has 0 aliphatic rings. The maximum Gasteiger partial charge on any atom is 0.292 e. The molecule has 2 aromatic rings. The summed E-state index contributed by atoms with van der Waals surface area (Å²) in [5.41, 5.74) is 6.48. The van der Waals surface area contributed by atoms with E-state index in [4.69, 9.17) is 10.5 Å². The zero-order valence-corrected chi connectivity index (χ0v) is 10.2. The number of anilines is 1. The Kier molecular flexibility index (Phi) is 3.92. The van der Waals surface area contributed by atoms with Crippen LogP contribution >= 0.6 is 0 Å². The summed E-state index contributed by atoms with van der Waals surface area (Å²) in [4.78, 5) is 14.3. The molecule has 1 aromatic heterocycles. The zero-order valence-electron chi connectivity index (χ0n) is 10.2. The van der Waals surface area contributed by atoms with Crippen LogP contribution in [0.15, 0.2) is 42.6 Å². The highest BCUT2D eigenvalue weighted by molar-refractivity contribution is 5.60. The van der Waals surface area contributed by atoms with Gasteiger partial charge in [0.15, 0.2) is 0 Å². The molecule has 0 bridgehead atoms. The van der Waals surface area contributed by atoms with Crippen molar-refractivity contribution in [1.82, 2.24) is 4.98 Å². The first-order valence-corrected chi connectivity index (χ1v) is 5.73. The van der Waals surface area contributed by atoms with Gasteiger partial charge in [0, 0.05) is 30.4 Å². The van der Waals surface area contributed by atoms with Crippen LogP contribution in [-0.4, -0.2) is 16.5 Å². The molecule has 1 aromatic carbocycles. The maximum atomic E-state index is 10.6. The Balaban J connectivity index is 1.93. The fourth-order valence-electron chi connectivity index (χ4n) is 1.61. The summed E-state index contributed by atoms with van der Waals surface area (Å²) < 4.78 is 5.48. The molecular weight excluding hydrogens is 246 g/mol. The molecule has 1 heterocycles. The summed E-state index contributed by atoms with van der Waals surface area (Å²) in [5, 5.41) is 10.6. The lowest BCUT2D eigenvalue weighted by atomic mass is 10.2. The van der Waals surface area contributed by atoms with Gasteiger partial charge < -0.3 is 10.5 Å². The number of rotatable bonds is 5. The minimum atomic E-state index is -0.521. The van der Waals surface area contributed by atoms with E-state index < -0.39 is 4.92 Å². The first kappa shape index (κ1) is 12.8. The van der Waals surface area contributed by atoms with Gasteiger partial charge in [0.1, 0.15) is 11.4 Å². The normalized spacial score (nSPS) is 10.1. The quantitative estimate of drug-likeness (QED) is 0.505. The van der Waals surface area contributed by atoms with Crippen LogP contribution in [0.1, 0.15) is 5.69 Å². The van der Waals surface area contributed by atoms with Crippen molar-refractivity contribution in [3.63, 3.8) is 0 Å². The van der Waals surface area contributed by atoms with E-state index in [0.29, 0.717) is 18.8 Å². The van der Waals surface area contributed by atoms with E-state index in [1.807, 2.05) is 18.2 Å². The number of nitro groups is 1. The van der Waals surface area contributed by atoms with Gasteiger partial charge in [-0.2, -0.15) is 0 Å². The number of ether oxygens (including phenoxy) is 1. The standard InChI is InChI=1S/C13H13N3O3/c14-12-9-11(4-5-13(12)16(17)18)19-8-6-10-3-1-2-7-15-10/h1-5,7,9H,6,8,14H2. The third-order valence-electron chi connectivity index (χ3n) is 2.55. The highest BCUT2D eigenvalue weighted by Gasteiger charge is 2.11. The van der Waals surface area contributed by atoms with Crippen molar-refractivity contribution in [1.29, 1.82) is 0 Å². The number of nitro benzene ring substituents is 1. The number of benzene rings is 1. The maximum absolute atomic E-state index is 10.6. The molecule has 2 N–H and O–H groups in total. The molecule has 0 radical (unpaired) electrons. The molecule has 0 aliphatic carbocycles. The van der Waals surface area contributed by atoms with E-state index in [9.17, 15) is 10.1 Å². The smallest absolute Gasteiger partial charge is 0.292 e. The molecule has 0 aliphatic heterocycles. The van der Waals surface area contributed by atoms with Crippen LogP contribution in [0, 0.1) is 10.1 Å². The molecule has 0 saturated heterocycles. The minimum absolute atomic E-state index is 0.0975. The Bertz CT molecular complexity index is 573. The first-order valence-electron chi connectivity index (χ1n) is 5.73. The molecular formula is C13H13N3O3. The Labute approximate surface area is 110 Å². The van der Waals surface area contributed by atoms with Crippen LogP contribution in [0.25, 0.3) is 0 Å². The van der Waals surface area contributed by atoms with Crippen LogP contribution in [0.5, 0.6) is 5.75 Å². The molecule has 2 rings (SSSR count). The zero-order chi connectivity index (χ0) is 13.7. The molecule has 6 nitrogen and oxygen atoms in total. The van der Waals surface area contributed by atoms with Crippen LogP contribution in [0.2, 0.25) is 0 Å². The number of pyridine rings is 1. The van der Waals surface area contributed by atoms with Gasteiger partial charge in [-0.05, 0) is 18.2 Å². The van der Waals surface area contributed by atoms with Crippen molar-refractivity contribution in [2.24, 2.45) is 0 Å². The second-order valence-electron chi connectivity index (χ2n) is 3.90.